The van der Waals surface area contributed by atoms with Crippen molar-refractivity contribution in [2.24, 2.45) is 5.92 Å². The minimum atomic E-state index is -0.712. The third-order valence-corrected chi connectivity index (χ3v) is 5.51. The van der Waals surface area contributed by atoms with Crippen molar-refractivity contribution >= 4 is 16.9 Å². The average Bonchev–Trinajstić information content (AvgIpc) is 2.67. The Bertz CT molecular complexity index is 781. The summed E-state index contributed by atoms with van der Waals surface area (Å²) in [4.78, 5) is 16.3. The number of fused-ring (bicyclic) bond motifs is 1. The zero-order valence-corrected chi connectivity index (χ0v) is 16.2. The van der Waals surface area contributed by atoms with Crippen molar-refractivity contribution < 1.29 is 19.4 Å². The van der Waals surface area contributed by atoms with Crippen molar-refractivity contribution in [3.05, 3.63) is 36.0 Å². The number of aryl methyl sites for hydroxylation is 1. The lowest BCUT2D eigenvalue weighted by atomic mass is 9.76. The maximum atomic E-state index is 11.9. The normalized spacial score (nSPS) is 22.6. The second-order valence-electron chi connectivity index (χ2n) is 7.33. The standard InChI is InChI=1S/C22H29NO4/c1-3-26-18-5-6-20-19(15-18)16(10-14-23-20)7-11-22(25)12-8-17(9-13-22)21(24)27-4-2/h5-6,10,14-15,17,25H,3-4,7-9,11-13H2,1-2H3/t17-,22+. The van der Waals surface area contributed by atoms with Gasteiger partial charge in [0.05, 0.1) is 30.2 Å². The lowest BCUT2D eigenvalue weighted by molar-refractivity contribution is -0.151. The Morgan fingerprint density at radius 2 is 2.00 bits per heavy atom. The van der Waals surface area contributed by atoms with Crippen LogP contribution in [0, 0.1) is 5.92 Å². The Morgan fingerprint density at radius 3 is 2.70 bits per heavy atom. The number of aromatic nitrogens is 1. The van der Waals surface area contributed by atoms with E-state index in [1.165, 1.54) is 5.56 Å². The molecule has 1 saturated carbocycles. The summed E-state index contributed by atoms with van der Waals surface area (Å²) in [5, 5.41) is 12.1. The highest BCUT2D eigenvalue weighted by molar-refractivity contribution is 5.83. The quantitative estimate of drug-likeness (QED) is 0.744. The molecule has 0 amide bonds. The van der Waals surface area contributed by atoms with Crippen LogP contribution in [0.2, 0.25) is 0 Å². The van der Waals surface area contributed by atoms with Gasteiger partial charge in [0.15, 0.2) is 0 Å². The maximum absolute atomic E-state index is 11.9. The van der Waals surface area contributed by atoms with Crippen molar-refractivity contribution in [2.75, 3.05) is 13.2 Å². The Balaban J connectivity index is 1.66. The lowest BCUT2D eigenvalue weighted by Gasteiger charge is -2.35. The van der Waals surface area contributed by atoms with Crippen LogP contribution in [-0.2, 0) is 16.0 Å². The smallest absolute Gasteiger partial charge is 0.308 e. The molecule has 0 spiro atoms. The zero-order chi connectivity index (χ0) is 19.3. The number of ether oxygens (including phenoxy) is 2. The number of aliphatic hydroxyl groups is 1. The highest BCUT2D eigenvalue weighted by Gasteiger charge is 2.36. The number of carbonyl (C=O) groups is 1. The molecule has 1 aliphatic rings. The van der Waals surface area contributed by atoms with Crippen LogP contribution in [-0.4, -0.2) is 34.9 Å². The van der Waals surface area contributed by atoms with E-state index in [1.54, 1.807) is 0 Å². The van der Waals surface area contributed by atoms with Crippen LogP contribution in [0.15, 0.2) is 30.5 Å². The Hall–Kier alpha value is -2.14. The number of benzene rings is 1. The fourth-order valence-corrected chi connectivity index (χ4v) is 3.93. The highest BCUT2D eigenvalue weighted by atomic mass is 16.5. The van der Waals surface area contributed by atoms with E-state index in [2.05, 4.69) is 4.98 Å². The Morgan fingerprint density at radius 1 is 1.22 bits per heavy atom. The summed E-state index contributed by atoms with van der Waals surface area (Å²) in [5.74, 6) is 0.650. The van der Waals surface area contributed by atoms with Gasteiger partial charge < -0.3 is 14.6 Å². The molecule has 1 N–H and O–H groups in total. The molecule has 0 unspecified atom stereocenters. The van der Waals surface area contributed by atoms with Gasteiger partial charge in [0, 0.05) is 11.6 Å². The minimum absolute atomic E-state index is 0.0688. The lowest BCUT2D eigenvalue weighted by Crippen LogP contribution is -2.37. The van der Waals surface area contributed by atoms with E-state index in [0.29, 0.717) is 45.3 Å². The summed E-state index contributed by atoms with van der Waals surface area (Å²) in [6.07, 6.45) is 5.95. The SMILES string of the molecule is CCOc1ccc2nccc(CC[C@]3(O)CC[C@@H](C(=O)OCC)CC3)c2c1. The second-order valence-corrected chi connectivity index (χ2v) is 7.33. The van der Waals surface area contributed by atoms with E-state index in [1.807, 2.05) is 44.3 Å². The van der Waals surface area contributed by atoms with E-state index >= 15 is 0 Å². The molecule has 1 fully saturated rings. The van der Waals surface area contributed by atoms with Crippen LogP contribution in [0.25, 0.3) is 10.9 Å². The van der Waals surface area contributed by atoms with Crippen molar-refractivity contribution in [2.45, 2.75) is 58.0 Å². The van der Waals surface area contributed by atoms with E-state index in [-0.39, 0.29) is 11.9 Å². The first-order valence-corrected chi connectivity index (χ1v) is 9.94. The predicted molar refractivity (Wildman–Crippen MR) is 105 cm³/mol. The van der Waals surface area contributed by atoms with E-state index in [4.69, 9.17) is 9.47 Å². The van der Waals surface area contributed by atoms with Gasteiger partial charge in [0.25, 0.3) is 0 Å². The number of hydrogen-bond donors (Lipinski definition) is 1. The van der Waals surface area contributed by atoms with E-state index in [9.17, 15) is 9.90 Å². The van der Waals surface area contributed by atoms with Crippen LogP contribution < -0.4 is 4.74 Å². The van der Waals surface area contributed by atoms with E-state index < -0.39 is 5.60 Å². The molecular weight excluding hydrogens is 342 g/mol. The molecule has 5 heteroatoms. The van der Waals surface area contributed by atoms with Crippen LogP contribution in [0.4, 0.5) is 0 Å². The summed E-state index contributed by atoms with van der Waals surface area (Å²) in [7, 11) is 0. The second kappa shape index (κ2) is 8.70. The molecule has 0 radical (unpaired) electrons. The van der Waals surface area contributed by atoms with Crippen LogP contribution in [0.3, 0.4) is 0 Å². The van der Waals surface area contributed by atoms with Gasteiger partial charge in [0.1, 0.15) is 5.75 Å². The summed E-state index contributed by atoms with van der Waals surface area (Å²) in [6.45, 7) is 4.84. The van der Waals surface area contributed by atoms with Crippen molar-refractivity contribution in [3.63, 3.8) is 0 Å². The summed E-state index contributed by atoms with van der Waals surface area (Å²) >= 11 is 0. The first-order valence-electron chi connectivity index (χ1n) is 9.94. The fourth-order valence-electron chi connectivity index (χ4n) is 3.93. The molecule has 0 bridgehead atoms. The van der Waals surface area contributed by atoms with Crippen LogP contribution in [0.5, 0.6) is 5.75 Å². The predicted octanol–water partition coefficient (Wildman–Crippen LogP) is 4.05. The molecule has 3 rings (SSSR count). The Kier molecular flexibility index (Phi) is 6.32. The number of nitrogens with zero attached hydrogens (tertiary/aromatic N) is 1. The topological polar surface area (TPSA) is 68.7 Å². The molecule has 5 nitrogen and oxygen atoms in total. The molecule has 146 valence electrons. The molecule has 0 aliphatic heterocycles. The molecule has 1 aliphatic carbocycles. The monoisotopic (exact) mass is 371 g/mol. The first kappa shape index (κ1) is 19.6. The highest BCUT2D eigenvalue weighted by Crippen LogP contribution is 2.36. The number of carbonyl (C=O) groups excluding carboxylic acids is 1. The van der Waals surface area contributed by atoms with Gasteiger partial charge in [-0.2, -0.15) is 0 Å². The van der Waals surface area contributed by atoms with Crippen molar-refractivity contribution in [3.8, 4) is 5.75 Å². The molecule has 1 heterocycles. The molecule has 27 heavy (non-hydrogen) atoms. The molecule has 0 atom stereocenters. The summed E-state index contributed by atoms with van der Waals surface area (Å²) < 4.78 is 10.7. The third-order valence-electron chi connectivity index (χ3n) is 5.51. The number of hydrogen-bond acceptors (Lipinski definition) is 5. The zero-order valence-electron chi connectivity index (χ0n) is 16.2. The average molecular weight is 371 g/mol. The minimum Gasteiger partial charge on any atom is -0.494 e. The van der Waals surface area contributed by atoms with Crippen molar-refractivity contribution in [1.29, 1.82) is 0 Å². The van der Waals surface area contributed by atoms with Gasteiger partial charge in [-0.1, -0.05) is 0 Å². The first-order chi connectivity index (χ1) is 13.0. The summed E-state index contributed by atoms with van der Waals surface area (Å²) in [5.41, 5.74) is 1.40. The number of rotatable bonds is 7. The largest absolute Gasteiger partial charge is 0.494 e. The van der Waals surface area contributed by atoms with Gasteiger partial charge in [0.2, 0.25) is 0 Å². The van der Waals surface area contributed by atoms with Crippen LogP contribution in [0.1, 0.15) is 51.5 Å². The molecular formula is C22H29NO4. The number of pyridine rings is 1. The van der Waals surface area contributed by atoms with E-state index in [0.717, 1.165) is 23.1 Å². The Labute approximate surface area is 160 Å². The maximum Gasteiger partial charge on any atom is 0.308 e. The third kappa shape index (κ3) is 4.78. The van der Waals surface area contributed by atoms with Gasteiger partial charge >= 0.3 is 5.97 Å². The molecule has 1 aromatic heterocycles. The fraction of sp³-hybridized carbons (Fsp3) is 0.545. The van der Waals surface area contributed by atoms with Crippen LogP contribution >= 0.6 is 0 Å². The molecule has 2 aromatic rings. The molecule has 1 aromatic carbocycles. The van der Waals surface area contributed by atoms with Crippen molar-refractivity contribution in [1.82, 2.24) is 4.98 Å². The molecule has 0 saturated heterocycles. The van der Waals surface area contributed by atoms with Gasteiger partial charge in [-0.25, -0.2) is 0 Å². The van der Waals surface area contributed by atoms with Gasteiger partial charge in [-0.15, -0.1) is 0 Å². The van der Waals surface area contributed by atoms with Gasteiger partial charge in [-0.05, 0) is 82.2 Å². The van der Waals surface area contributed by atoms with Gasteiger partial charge in [-0.3, -0.25) is 9.78 Å². The number of esters is 1. The summed E-state index contributed by atoms with van der Waals surface area (Å²) in [6, 6.07) is 7.96.